The van der Waals surface area contributed by atoms with Gasteiger partial charge in [-0.1, -0.05) is 12.1 Å². The smallest absolute Gasteiger partial charge is 0.236 e. The maximum atomic E-state index is 12.6. The van der Waals surface area contributed by atoms with Crippen molar-refractivity contribution in [1.82, 2.24) is 19.4 Å². The summed E-state index contributed by atoms with van der Waals surface area (Å²) < 4.78 is 2.20. The average molecular weight is 353 g/mol. The van der Waals surface area contributed by atoms with E-state index in [4.69, 9.17) is 4.98 Å². The molecule has 26 heavy (non-hydrogen) atoms. The molecule has 4 fully saturated rings. The van der Waals surface area contributed by atoms with E-state index in [0.717, 1.165) is 37.6 Å². The van der Waals surface area contributed by atoms with Gasteiger partial charge in [-0.05, 0) is 37.8 Å². The molecule has 6 rings (SSSR count). The first-order valence-corrected chi connectivity index (χ1v) is 9.90. The minimum absolute atomic E-state index is 0.329. The molecule has 0 radical (unpaired) electrons. The van der Waals surface area contributed by atoms with Gasteiger partial charge >= 0.3 is 0 Å². The van der Waals surface area contributed by atoms with Crippen LogP contribution in [0, 0.1) is 0 Å². The van der Waals surface area contributed by atoms with Crippen molar-refractivity contribution in [2.24, 2.45) is 7.05 Å². The molecule has 2 unspecified atom stereocenters. The fourth-order valence-electron chi connectivity index (χ4n) is 4.92. The van der Waals surface area contributed by atoms with Gasteiger partial charge < -0.3 is 14.4 Å². The first kappa shape index (κ1) is 16.1. The van der Waals surface area contributed by atoms with Crippen LogP contribution >= 0.6 is 0 Å². The molecule has 4 aliphatic rings. The molecule has 6 nitrogen and oxygen atoms in total. The van der Waals surface area contributed by atoms with Crippen LogP contribution in [0.25, 0.3) is 11.0 Å². The Labute approximate surface area is 154 Å². The Morgan fingerprint density at radius 3 is 2.58 bits per heavy atom. The molecule has 0 N–H and O–H groups in total. The van der Waals surface area contributed by atoms with Gasteiger partial charge in [0.05, 0.1) is 17.6 Å². The van der Waals surface area contributed by atoms with Crippen molar-refractivity contribution in [3.05, 3.63) is 24.3 Å². The molecule has 6 heteroatoms. The lowest BCUT2D eigenvalue weighted by Gasteiger charge is -2.56. The second-order valence-electron chi connectivity index (χ2n) is 8.02. The SMILES string of the molecule is Cn1c(N2CC3CC(C2)N3CC(=O)N2CCCCC2)nc2ccccc21. The number of hydrogen-bond acceptors (Lipinski definition) is 4. The molecule has 0 spiro atoms. The van der Waals surface area contributed by atoms with Gasteiger partial charge in [0, 0.05) is 45.3 Å². The van der Waals surface area contributed by atoms with Crippen molar-refractivity contribution in [3.63, 3.8) is 0 Å². The van der Waals surface area contributed by atoms with Crippen molar-refractivity contribution >= 4 is 22.9 Å². The number of anilines is 1. The Morgan fingerprint density at radius 1 is 1.12 bits per heavy atom. The van der Waals surface area contributed by atoms with E-state index in [1.807, 2.05) is 6.07 Å². The lowest BCUT2D eigenvalue weighted by Crippen LogP contribution is -2.70. The molecular formula is C20H27N5O. The van der Waals surface area contributed by atoms with E-state index in [2.05, 4.69) is 44.5 Å². The van der Waals surface area contributed by atoms with E-state index in [1.165, 1.54) is 31.2 Å². The lowest BCUT2D eigenvalue weighted by molar-refractivity contribution is -0.138. The van der Waals surface area contributed by atoms with Crippen molar-refractivity contribution in [3.8, 4) is 0 Å². The molecule has 5 heterocycles. The van der Waals surface area contributed by atoms with Crippen LogP contribution < -0.4 is 4.90 Å². The number of piperazine rings is 1. The van der Waals surface area contributed by atoms with Crippen LogP contribution in [0.3, 0.4) is 0 Å². The molecule has 2 aromatic rings. The van der Waals surface area contributed by atoms with Gasteiger partial charge in [0.15, 0.2) is 0 Å². The van der Waals surface area contributed by atoms with E-state index in [-0.39, 0.29) is 0 Å². The summed E-state index contributed by atoms with van der Waals surface area (Å²) >= 11 is 0. The number of rotatable bonds is 3. The van der Waals surface area contributed by atoms with Crippen molar-refractivity contribution in [1.29, 1.82) is 0 Å². The molecule has 4 saturated heterocycles. The number of carbonyl (C=O) groups is 1. The Kier molecular flexibility index (Phi) is 3.89. The second-order valence-corrected chi connectivity index (χ2v) is 8.02. The third kappa shape index (κ3) is 2.58. The van der Waals surface area contributed by atoms with Crippen molar-refractivity contribution < 1.29 is 4.79 Å². The predicted molar refractivity (Wildman–Crippen MR) is 102 cm³/mol. The van der Waals surface area contributed by atoms with Crippen LogP contribution in [0.1, 0.15) is 25.7 Å². The molecule has 0 aliphatic carbocycles. The number of likely N-dealkylation sites (tertiary alicyclic amines) is 1. The summed E-state index contributed by atoms with van der Waals surface area (Å²) in [5.41, 5.74) is 2.24. The number of benzene rings is 1. The van der Waals surface area contributed by atoms with Gasteiger partial charge in [0.1, 0.15) is 0 Å². The molecule has 138 valence electrons. The Morgan fingerprint density at radius 2 is 1.85 bits per heavy atom. The highest BCUT2D eigenvalue weighted by molar-refractivity contribution is 5.79. The Balaban J connectivity index is 1.27. The molecule has 0 saturated carbocycles. The van der Waals surface area contributed by atoms with E-state index in [1.54, 1.807) is 0 Å². The number of nitrogens with zero attached hydrogens (tertiary/aromatic N) is 5. The number of piperidine rings is 2. The van der Waals surface area contributed by atoms with Crippen LogP contribution in [0.15, 0.2) is 24.3 Å². The van der Waals surface area contributed by atoms with Gasteiger partial charge in [-0.2, -0.15) is 0 Å². The first-order valence-electron chi connectivity index (χ1n) is 9.90. The third-order valence-corrected chi connectivity index (χ3v) is 6.42. The number of aromatic nitrogens is 2. The summed E-state index contributed by atoms with van der Waals surface area (Å²) in [5.74, 6) is 1.39. The maximum absolute atomic E-state index is 12.6. The second kappa shape index (κ2) is 6.27. The summed E-state index contributed by atoms with van der Waals surface area (Å²) in [6, 6.07) is 9.29. The van der Waals surface area contributed by atoms with Gasteiger partial charge in [-0.15, -0.1) is 0 Å². The summed E-state index contributed by atoms with van der Waals surface area (Å²) in [7, 11) is 2.10. The third-order valence-electron chi connectivity index (χ3n) is 6.42. The van der Waals surface area contributed by atoms with Gasteiger partial charge in [0.2, 0.25) is 11.9 Å². The Bertz CT molecular complexity index is 813. The van der Waals surface area contributed by atoms with E-state index >= 15 is 0 Å². The highest BCUT2D eigenvalue weighted by Gasteiger charge is 2.46. The number of carbonyl (C=O) groups excluding carboxylic acids is 1. The van der Waals surface area contributed by atoms with Crippen LogP contribution in [0.2, 0.25) is 0 Å². The quantitative estimate of drug-likeness (QED) is 0.845. The van der Waals surface area contributed by atoms with Crippen LogP contribution in [0.5, 0.6) is 0 Å². The number of hydrogen-bond donors (Lipinski definition) is 0. The normalized spacial score (nSPS) is 26.2. The number of aryl methyl sites for hydroxylation is 1. The standard InChI is InChI=1S/C20H27N5O/c1-22-18-8-4-3-7-17(18)21-20(22)24-12-15-11-16(13-24)25(15)14-19(26)23-9-5-2-6-10-23/h3-4,7-8,15-16H,2,5-6,9-14H2,1H3. The minimum Gasteiger partial charge on any atom is -0.342 e. The van der Waals surface area contributed by atoms with E-state index in [9.17, 15) is 4.79 Å². The van der Waals surface area contributed by atoms with Crippen LogP contribution in [-0.2, 0) is 11.8 Å². The average Bonchev–Trinajstić information content (AvgIpc) is 3.04. The zero-order valence-corrected chi connectivity index (χ0v) is 15.5. The number of para-hydroxylation sites is 2. The van der Waals surface area contributed by atoms with Crippen molar-refractivity contribution in [2.75, 3.05) is 37.6 Å². The summed E-state index contributed by atoms with van der Waals surface area (Å²) in [6.45, 7) is 4.45. The summed E-state index contributed by atoms with van der Waals surface area (Å²) in [4.78, 5) is 24.4. The molecule has 2 atom stereocenters. The summed E-state index contributed by atoms with van der Waals surface area (Å²) in [6.07, 6.45) is 4.82. The minimum atomic E-state index is 0.329. The number of fused-ring (bicyclic) bond motifs is 3. The molecule has 1 aromatic carbocycles. The summed E-state index contributed by atoms with van der Waals surface area (Å²) in [5, 5.41) is 0. The maximum Gasteiger partial charge on any atom is 0.236 e. The Hall–Kier alpha value is -2.08. The topological polar surface area (TPSA) is 44.6 Å². The molecule has 1 amide bonds. The predicted octanol–water partition coefficient (Wildman–Crippen LogP) is 1.85. The van der Waals surface area contributed by atoms with Gasteiger partial charge in [-0.3, -0.25) is 9.69 Å². The highest BCUT2D eigenvalue weighted by atomic mass is 16.2. The monoisotopic (exact) mass is 353 g/mol. The zero-order valence-electron chi connectivity index (χ0n) is 15.5. The fraction of sp³-hybridized carbons (Fsp3) is 0.600. The molecular weight excluding hydrogens is 326 g/mol. The van der Waals surface area contributed by atoms with Gasteiger partial charge in [0.25, 0.3) is 0 Å². The molecule has 2 bridgehead atoms. The number of imidazole rings is 1. The largest absolute Gasteiger partial charge is 0.342 e. The fourth-order valence-corrected chi connectivity index (χ4v) is 4.92. The van der Waals surface area contributed by atoms with Crippen LogP contribution in [0.4, 0.5) is 5.95 Å². The zero-order chi connectivity index (χ0) is 17.7. The van der Waals surface area contributed by atoms with Crippen LogP contribution in [-0.4, -0.2) is 70.1 Å². The molecule has 1 aromatic heterocycles. The van der Waals surface area contributed by atoms with Gasteiger partial charge in [-0.25, -0.2) is 4.98 Å². The lowest BCUT2D eigenvalue weighted by atomic mass is 9.87. The van der Waals surface area contributed by atoms with E-state index < -0.39 is 0 Å². The highest BCUT2D eigenvalue weighted by Crippen LogP contribution is 2.35. The number of amides is 1. The first-order chi connectivity index (χ1) is 12.7. The van der Waals surface area contributed by atoms with Crippen molar-refractivity contribution in [2.45, 2.75) is 37.8 Å². The molecule has 4 aliphatic heterocycles. The van der Waals surface area contributed by atoms with E-state index in [0.29, 0.717) is 24.5 Å².